The number of pyridine rings is 1. The van der Waals surface area contributed by atoms with E-state index in [1.807, 2.05) is 73.9 Å². The Bertz CT molecular complexity index is 1280. The largest absolute Gasteiger partial charge is 0.427 e. The molecule has 4 rings (SSSR count). The van der Waals surface area contributed by atoms with Crippen molar-refractivity contribution in [3.05, 3.63) is 136 Å². The van der Waals surface area contributed by atoms with Gasteiger partial charge in [-0.2, -0.15) is 0 Å². The summed E-state index contributed by atoms with van der Waals surface area (Å²) in [5.41, 5.74) is 4.49. The third-order valence-corrected chi connectivity index (χ3v) is 5.94. The lowest BCUT2D eigenvalue weighted by Gasteiger charge is -2.21. The molecule has 0 unspecified atom stereocenters. The van der Waals surface area contributed by atoms with Crippen molar-refractivity contribution >= 4 is 5.97 Å². The fourth-order valence-electron chi connectivity index (χ4n) is 4.31. The van der Waals surface area contributed by atoms with Gasteiger partial charge in [-0.3, -0.25) is 9.59 Å². The Balaban J connectivity index is 1.51. The summed E-state index contributed by atoms with van der Waals surface area (Å²) in [6.07, 6.45) is 1.99. The molecule has 5 nitrogen and oxygen atoms in total. The summed E-state index contributed by atoms with van der Waals surface area (Å²) in [7, 11) is 2.02. The van der Waals surface area contributed by atoms with Crippen LogP contribution in [0.2, 0.25) is 0 Å². The predicted octanol–water partition coefficient (Wildman–Crippen LogP) is 5.09. The fraction of sp³-hybridized carbons (Fsp3) is 0.200. The van der Waals surface area contributed by atoms with Gasteiger partial charge in [0.2, 0.25) is 0 Å². The molecule has 0 amide bonds. The van der Waals surface area contributed by atoms with Crippen molar-refractivity contribution in [1.29, 1.82) is 0 Å². The second kappa shape index (κ2) is 11.4. The smallest absolute Gasteiger partial charge is 0.308 e. The van der Waals surface area contributed by atoms with Crippen molar-refractivity contribution in [3.63, 3.8) is 0 Å². The van der Waals surface area contributed by atoms with Crippen LogP contribution in [0.1, 0.15) is 35.1 Å². The van der Waals surface area contributed by atoms with Crippen LogP contribution in [-0.4, -0.2) is 29.0 Å². The van der Waals surface area contributed by atoms with E-state index in [9.17, 15) is 9.59 Å². The predicted molar refractivity (Wildman–Crippen MR) is 139 cm³/mol. The van der Waals surface area contributed by atoms with E-state index in [2.05, 4.69) is 29.2 Å². The first-order chi connectivity index (χ1) is 17.0. The first-order valence-electron chi connectivity index (χ1n) is 11.8. The Hall–Kier alpha value is -3.96. The van der Waals surface area contributed by atoms with Gasteiger partial charge in [-0.15, -0.1) is 0 Å². The molecule has 0 aliphatic carbocycles. The van der Waals surface area contributed by atoms with Crippen LogP contribution in [0.3, 0.4) is 0 Å². The zero-order chi connectivity index (χ0) is 24.6. The minimum Gasteiger partial charge on any atom is -0.427 e. The number of carbonyl (C=O) groups is 1. The van der Waals surface area contributed by atoms with Gasteiger partial charge in [0.25, 0.3) is 5.56 Å². The van der Waals surface area contributed by atoms with Gasteiger partial charge in [0.1, 0.15) is 5.75 Å². The molecule has 0 aliphatic rings. The molecular weight excluding hydrogens is 436 g/mol. The van der Waals surface area contributed by atoms with Gasteiger partial charge in [-0.1, -0.05) is 78.9 Å². The van der Waals surface area contributed by atoms with Crippen LogP contribution in [0, 0.1) is 0 Å². The molecule has 0 atom stereocenters. The zero-order valence-electron chi connectivity index (χ0n) is 20.1. The SMILES string of the molecule is CC(=O)Oc1cccc(CN(C)CCn2cc(C(c3ccccc3)c3ccccc3)ccc2=O)c1. The van der Waals surface area contributed by atoms with Gasteiger partial charge in [0.15, 0.2) is 0 Å². The van der Waals surface area contributed by atoms with E-state index in [-0.39, 0.29) is 17.4 Å². The Morgan fingerprint density at radius 2 is 1.51 bits per heavy atom. The zero-order valence-corrected chi connectivity index (χ0v) is 20.1. The Kier molecular flexibility index (Phi) is 7.91. The number of nitrogens with zero attached hydrogens (tertiary/aromatic N) is 2. The molecule has 0 radical (unpaired) electrons. The molecule has 4 aromatic rings. The molecular formula is C30H30N2O3. The maximum Gasteiger partial charge on any atom is 0.308 e. The highest BCUT2D eigenvalue weighted by Crippen LogP contribution is 2.31. The van der Waals surface area contributed by atoms with Crippen LogP contribution < -0.4 is 10.3 Å². The number of esters is 1. The average molecular weight is 467 g/mol. The van der Waals surface area contributed by atoms with Gasteiger partial charge in [0.05, 0.1) is 0 Å². The molecule has 1 aromatic heterocycles. The van der Waals surface area contributed by atoms with Crippen LogP contribution in [0.15, 0.2) is 108 Å². The number of hydrogen-bond acceptors (Lipinski definition) is 4. The molecule has 0 saturated carbocycles. The summed E-state index contributed by atoms with van der Waals surface area (Å²) in [5, 5.41) is 0. The molecule has 3 aromatic carbocycles. The monoisotopic (exact) mass is 466 g/mol. The lowest BCUT2D eigenvalue weighted by atomic mass is 9.86. The lowest BCUT2D eigenvalue weighted by molar-refractivity contribution is -0.131. The highest BCUT2D eigenvalue weighted by Gasteiger charge is 2.17. The summed E-state index contributed by atoms with van der Waals surface area (Å²) in [5.74, 6) is 0.255. The lowest BCUT2D eigenvalue weighted by Crippen LogP contribution is -2.28. The number of benzene rings is 3. The molecule has 178 valence electrons. The van der Waals surface area contributed by atoms with Gasteiger partial charge >= 0.3 is 5.97 Å². The maximum absolute atomic E-state index is 12.7. The molecule has 0 bridgehead atoms. The second-order valence-electron chi connectivity index (χ2n) is 8.73. The topological polar surface area (TPSA) is 51.5 Å². The second-order valence-corrected chi connectivity index (χ2v) is 8.73. The Labute approximate surface area is 206 Å². The molecule has 1 heterocycles. The number of hydrogen-bond donors (Lipinski definition) is 0. The molecule has 0 spiro atoms. The van der Waals surface area contributed by atoms with Gasteiger partial charge in [0, 0.05) is 44.7 Å². The Morgan fingerprint density at radius 1 is 0.857 bits per heavy atom. The van der Waals surface area contributed by atoms with Crippen molar-refractivity contribution in [2.45, 2.75) is 25.9 Å². The van der Waals surface area contributed by atoms with E-state index in [4.69, 9.17) is 4.74 Å². The highest BCUT2D eigenvalue weighted by molar-refractivity contribution is 5.69. The number of aromatic nitrogens is 1. The third kappa shape index (κ3) is 6.55. The van der Waals surface area contributed by atoms with Crippen molar-refractivity contribution in [2.24, 2.45) is 0 Å². The van der Waals surface area contributed by atoms with Crippen LogP contribution in [0.25, 0.3) is 0 Å². The third-order valence-electron chi connectivity index (χ3n) is 5.94. The fourth-order valence-corrected chi connectivity index (χ4v) is 4.31. The minimum atomic E-state index is -0.334. The van der Waals surface area contributed by atoms with Gasteiger partial charge in [-0.05, 0) is 41.4 Å². The summed E-state index contributed by atoms with van der Waals surface area (Å²) < 4.78 is 6.98. The first kappa shape index (κ1) is 24.2. The van der Waals surface area contributed by atoms with E-state index in [1.165, 1.54) is 18.1 Å². The summed E-state index contributed by atoms with van der Waals surface area (Å²) >= 11 is 0. The van der Waals surface area contributed by atoms with E-state index >= 15 is 0 Å². The molecule has 35 heavy (non-hydrogen) atoms. The molecule has 0 saturated heterocycles. The van der Waals surface area contributed by atoms with Crippen molar-refractivity contribution in [2.75, 3.05) is 13.6 Å². The van der Waals surface area contributed by atoms with Crippen molar-refractivity contribution in [3.8, 4) is 5.75 Å². The average Bonchev–Trinajstić information content (AvgIpc) is 2.85. The van der Waals surface area contributed by atoms with Crippen LogP contribution in [0.4, 0.5) is 0 Å². The summed E-state index contributed by atoms with van der Waals surface area (Å²) in [6.45, 7) is 3.34. The van der Waals surface area contributed by atoms with E-state index < -0.39 is 0 Å². The quantitative estimate of drug-likeness (QED) is 0.255. The number of likely N-dealkylation sites (N-methyl/N-ethyl adjacent to an activating group) is 1. The highest BCUT2D eigenvalue weighted by atomic mass is 16.5. The van der Waals surface area contributed by atoms with E-state index in [0.717, 1.165) is 11.1 Å². The van der Waals surface area contributed by atoms with Crippen molar-refractivity contribution in [1.82, 2.24) is 9.47 Å². The standard InChI is InChI=1S/C30H30N2O3/c1-23(33)35-28-15-9-10-24(20-28)21-31(2)18-19-32-22-27(16-17-29(32)34)30(25-11-5-3-6-12-25)26-13-7-4-8-14-26/h3-17,20,22,30H,18-19,21H2,1-2H3. The summed E-state index contributed by atoms with van der Waals surface area (Å²) in [4.78, 5) is 26.1. The van der Waals surface area contributed by atoms with Crippen molar-refractivity contribution < 1.29 is 9.53 Å². The van der Waals surface area contributed by atoms with Crippen LogP contribution in [0.5, 0.6) is 5.75 Å². The molecule has 5 heteroatoms. The maximum atomic E-state index is 12.7. The van der Waals surface area contributed by atoms with Gasteiger partial charge < -0.3 is 14.2 Å². The molecule has 0 aliphatic heterocycles. The number of ether oxygens (including phenoxy) is 1. The van der Waals surface area contributed by atoms with Crippen LogP contribution >= 0.6 is 0 Å². The number of rotatable bonds is 9. The summed E-state index contributed by atoms with van der Waals surface area (Å²) in [6, 6.07) is 31.9. The van der Waals surface area contributed by atoms with Crippen LogP contribution in [-0.2, 0) is 17.9 Å². The number of carbonyl (C=O) groups excluding carboxylic acids is 1. The normalized spacial score (nSPS) is 11.1. The molecule has 0 N–H and O–H groups in total. The Morgan fingerprint density at radius 3 is 2.14 bits per heavy atom. The van der Waals surface area contributed by atoms with E-state index in [1.54, 1.807) is 16.7 Å². The minimum absolute atomic E-state index is 0.0149. The first-order valence-corrected chi connectivity index (χ1v) is 11.8. The van der Waals surface area contributed by atoms with E-state index in [0.29, 0.717) is 25.4 Å². The van der Waals surface area contributed by atoms with Gasteiger partial charge in [-0.25, -0.2) is 0 Å². The molecule has 0 fully saturated rings.